The summed E-state index contributed by atoms with van der Waals surface area (Å²) >= 11 is 0. The maximum atomic E-state index is 4.75. The third-order valence-corrected chi connectivity index (χ3v) is 4.62. The van der Waals surface area contributed by atoms with Crippen molar-refractivity contribution >= 4 is 17.8 Å². The maximum absolute atomic E-state index is 4.75. The molecule has 0 bridgehead atoms. The van der Waals surface area contributed by atoms with Crippen molar-refractivity contribution in [2.45, 2.75) is 39.0 Å². The molecule has 2 aliphatic rings. The molecular weight excluding hydrogens is 264 g/mol. The molecule has 0 amide bonds. The van der Waals surface area contributed by atoms with Gasteiger partial charge in [-0.15, -0.1) is 0 Å². The Balaban J connectivity index is 1.82. The lowest BCUT2D eigenvalue weighted by Crippen LogP contribution is -2.32. The smallest absolute Gasteiger partial charge is 0.231 e. The van der Waals surface area contributed by atoms with Gasteiger partial charge in [0.05, 0.1) is 0 Å². The van der Waals surface area contributed by atoms with Crippen molar-refractivity contribution in [3.05, 3.63) is 0 Å². The summed E-state index contributed by atoms with van der Waals surface area (Å²) in [6.07, 6.45) is 6.27. The fourth-order valence-corrected chi connectivity index (χ4v) is 3.19. The van der Waals surface area contributed by atoms with Crippen LogP contribution >= 0.6 is 0 Å². The molecule has 2 aliphatic heterocycles. The van der Waals surface area contributed by atoms with Gasteiger partial charge in [-0.25, -0.2) is 0 Å². The Hall–Kier alpha value is -1.59. The van der Waals surface area contributed by atoms with E-state index >= 15 is 0 Å². The lowest BCUT2D eigenvalue weighted by Gasteiger charge is -2.27. The number of nitrogens with zero attached hydrogens (tertiary/aromatic N) is 5. The first-order valence-corrected chi connectivity index (χ1v) is 8.24. The van der Waals surface area contributed by atoms with Crippen LogP contribution in [0.4, 0.5) is 17.8 Å². The Labute approximate surface area is 127 Å². The molecule has 3 rings (SSSR count). The summed E-state index contributed by atoms with van der Waals surface area (Å²) in [5, 5.41) is 3.08. The molecule has 21 heavy (non-hydrogen) atoms. The second kappa shape index (κ2) is 6.45. The number of piperidine rings is 1. The van der Waals surface area contributed by atoms with E-state index in [0.29, 0.717) is 5.95 Å². The van der Waals surface area contributed by atoms with Crippen molar-refractivity contribution in [2.75, 3.05) is 48.3 Å². The van der Waals surface area contributed by atoms with Crippen LogP contribution < -0.4 is 15.1 Å². The zero-order chi connectivity index (χ0) is 14.7. The molecular formula is C15H26N6. The van der Waals surface area contributed by atoms with Crippen LogP contribution in [0.25, 0.3) is 0 Å². The SMILES string of the molecule is CCC1CCN(c2nc(NC)nc(N3CCCCC3)n2)C1. The normalized spacial score (nSPS) is 22.7. The average molecular weight is 290 g/mol. The van der Waals surface area contributed by atoms with Crippen molar-refractivity contribution in [3.63, 3.8) is 0 Å². The predicted octanol–water partition coefficient (Wildman–Crippen LogP) is 2.14. The molecule has 0 saturated carbocycles. The molecule has 6 nitrogen and oxygen atoms in total. The van der Waals surface area contributed by atoms with Gasteiger partial charge in [0, 0.05) is 33.2 Å². The highest BCUT2D eigenvalue weighted by Crippen LogP contribution is 2.25. The van der Waals surface area contributed by atoms with Gasteiger partial charge in [0.2, 0.25) is 17.8 Å². The molecule has 1 N–H and O–H groups in total. The highest BCUT2D eigenvalue weighted by atomic mass is 15.4. The number of nitrogens with one attached hydrogen (secondary N) is 1. The lowest BCUT2D eigenvalue weighted by atomic mass is 10.1. The largest absolute Gasteiger partial charge is 0.357 e. The highest BCUT2D eigenvalue weighted by Gasteiger charge is 2.25. The molecule has 0 spiro atoms. The minimum absolute atomic E-state index is 0.681. The first-order valence-electron chi connectivity index (χ1n) is 8.24. The minimum atomic E-state index is 0.681. The lowest BCUT2D eigenvalue weighted by molar-refractivity contribution is 0.564. The van der Waals surface area contributed by atoms with Crippen LogP contribution in [0.2, 0.25) is 0 Å². The summed E-state index contributed by atoms with van der Waals surface area (Å²) < 4.78 is 0. The van der Waals surface area contributed by atoms with E-state index in [9.17, 15) is 0 Å². The van der Waals surface area contributed by atoms with Crippen LogP contribution in [-0.4, -0.2) is 48.2 Å². The fraction of sp³-hybridized carbons (Fsp3) is 0.800. The van der Waals surface area contributed by atoms with Gasteiger partial charge < -0.3 is 15.1 Å². The molecule has 0 aliphatic carbocycles. The Morgan fingerprint density at radius 3 is 2.33 bits per heavy atom. The molecule has 1 aromatic heterocycles. The van der Waals surface area contributed by atoms with Crippen LogP contribution in [0.1, 0.15) is 39.0 Å². The van der Waals surface area contributed by atoms with Crippen molar-refractivity contribution in [2.24, 2.45) is 5.92 Å². The summed E-state index contributed by atoms with van der Waals surface area (Å²) in [6.45, 7) is 6.52. The van der Waals surface area contributed by atoms with Crippen molar-refractivity contribution in [1.29, 1.82) is 0 Å². The number of aromatic nitrogens is 3. The van der Waals surface area contributed by atoms with E-state index in [1.165, 1.54) is 32.1 Å². The number of rotatable bonds is 4. The van der Waals surface area contributed by atoms with Crippen LogP contribution in [-0.2, 0) is 0 Å². The van der Waals surface area contributed by atoms with Gasteiger partial charge in [0.25, 0.3) is 0 Å². The third-order valence-electron chi connectivity index (χ3n) is 4.62. The summed E-state index contributed by atoms with van der Waals surface area (Å²) in [5.41, 5.74) is 0. The van der Waals surface area contributed by atoms with Gasteiger partial charge in [-0.2, -0.15) is 15.0 Å². The van der Waals surface area contributed by atoms with Crippen LogP contribution in [0.5, 0.6) is 0 Å². The summed E-state index contributed by atoms with van der Waals surface area (Å²) in [5.74, 6) is 3.13. The van der Waals surface area contributed by atoms with Crippen LogP contribution in [0.3, 0.4) is 0 Å². The summed E-state index contributed by atoms with van der Waals surface area (Å²) in [6, 6.07) is 0. The van der Waals surface area contributed by atoms with Gasteiger partial charge in [-0.05, 0) is 31.6 Å². The van der Waals surface area contributed by atoms with Gasteiger partial charge >= 0.3 is 0 Å². The van der Waals surface area contributed by atoms with Gasteiger partial charge in [0.15, 0.2) is 0 Å². The molecule has 2 saturated heterocycles. The Bertz CT molecular complexity index is 471. The molecule has 0 radical (unpaired) electrons. The first-order chi connectivity index (χ1) is 10.3. The summed E-state index contributed by atoms with van der Waals surface area (Å²) in [7, 11) is 1.87. The van der Waals surface area contributed by atoms with E-state index in [0.717, 1.165) is 44.0 Å². The average Bonchev–Trinajstić information content (AvgIpc) is 3.04. The van der Waals surface area contributed by atoms with E-state index in [-0.39, 0.29) is 0 Å². The van der Waals surface area contributed by atoms with E-state index in [1.54, 1.807) is 0 Å². The predicted molar refractivity (Wildman–Crippen MR) is 86.0 cm³/mol. The Kier molecular flexibility index (Phi) is 4.41. The molecule has 3 heterocycles. The van der Waals surface area contributed by atoms with Gasteiger partial charge in [-0.3, -0.25) is 0 Å². The number of hydrogen-bond acceptors (Lipinski definition) is 6. The number of hydrogen-bond donors (Lipinski definition) is 1. The molecule has 1 unspecified atom stereocenters. The second-order valence-electron chi connectivity index (χ2n) is 6.07. The van der Waals surface area contributed by atoms with E-state index < -0.39 is 0 Å². The van der Waals surface area contributed by atoms with Crippen LogP contribution in [0.15, 0.2) is 0 Å². The molecule has 0 aromatic carbocycles. The van der Waals surface area contributed by atoms with E-state index in [4.69, 9.17) is 4.98 Å². The molecule has 1 aromatic rings. The van der Waals surface area contributed by atoms with Gasteiger partial charge in [0.1, 0.15) is 0 Å². The Morgan fingerprint density at radius 1 is 1.00 bits per heavy atom. The zero-order valence-electron chi connectivity index (χ0n) is 13.2. The quantitative estimate of drug-likeness (QED) is 0.917. The van der Waals surface area contributed by atoms with Crippen LogP contribution in [0, 0.1) is 5.92 Å². The minimum Gasteiger partial charge on any atom is -0.357 e. The molecule has 116 valence electrons. The second-order valence-corrected chi connectivity index (χ2v) is 6.07. The molecule has 6 heteroatoms. The Morgan fingerprint density at radius 2 is 1.71 bits per heavy atom. The van der Waals surface area contributed by atoms with E-state index in [1.807, 2.05) is 7.05 Å². The fourth-order valence-electron chi connectivity index (χ4n) is 3.19. The molecule has 1 atom stereocenters. The van der Waals surface area contributed by atoms with Crippen molar-refractivity contribution in [3.8, 4) is 0 Å². The standard InChI is InChI=1S/C15H26N6/c1-3-12-7-10-21(11-12)15-18-13(16-2)17-14(19-15)20-8-5-4-6-9-20/h12H,3-11H2,1-2H3,(H,16,17,18,19). The topological polar surface area (TPSA) is 57.2 Å². The zero-order valence-corrected chi connectivity index (χ0v) is 13.2. The molecule has 2 fully saturated rings. The first kappa shape index (κ1) is 14.4. The van der Waals surface area contributed by atoms with Crippen molar-refractivity contribution < 1.29 is 0 Å². The van der Waals surface area contributed by atoms with Gasteiger partial charge in [-0.1, -0.05) is 13.3 Å². The maximum Gasteiger partial charge on any atom is 0.231 e. The third kappa shape index (κ3) is 3.19. The monoisotopic (exact) mass is 290 g/mol. The van der Waals surface area contributed by atoms with E-state index in [2.05, 4.69) is 32.0 Å². The summed E-state index contributed by atoms with van der Waals surface area (Å²) in [4.78, 5) is 18.5. The number of anilines is 3. The van der Waals surface area contributed by atoms with Crippen molar-refractivity contribution in [1.82, 2.24) is 15.0 Å². The highest BCUT2D eigenvalue weighted by molar-refractivity contribution is 5.45.